The maximum atomic E-state index is 5.95. The van der Waals surface area contributed by atoms with Crippen molar-refractivity contribution < 1.29 is 0 Å². The minimum absolute atomic E-state index is 0.565. The van der Waals surface area contributed by atoms with Crippen LogP contribution in [0.15, 0.2) is 12.1 Å². The van der Waals surface area contributed by atoms with Crippen molar-refractivity contribution >= 4 is 17.4 Å². The quantitative estimate of drug-likeness (QED) is 0.684. The third kappa shape index (κ3) is 4.19. The highest BCUT2D eigenvalue weighted by Gasteiger charge is 2.08. The predicted molar refractivity (Wildman–Crippen MR) is 76.0 cm³/mol. The Balaban J connectivity index is 2.99. The van der Waals surface area contributed by atoms with Gasteiger partial charge in [0, 0.05) is 24.7 Å². The highest BCUT2D eigenvalue weighted by Crippen LogP contribution is 2.18. The van der Waals surface area contributed by atoms with Gasteiger partial charge in [-0.1, -0.05) is 20.3 Å². The molecule has 0 spiro atoms. The zero-order chi connectivity index (χ0) is 12.7. The molecule has 0 atom stereocenters. The van der Waals surface area contributed by atoms with Crippen molar-refractivity contribution in [1.82, 2.24) is 4.98 Å². The van der Waals surface area contributed by atoms with Gasteiger partial charge in [-0.15, -0.1) is 11.6 Å². The van der Waals surface area contributed by atoms with E-state index in [0.717, 1.165) is 43.9 Å². The van der Waals surface area contributed by atoms with E-state index >= 15 is 0 Å². The number of aryl methyl sites for hydroxylation is 1. The number of alkyl halides is 1. The Hall–Kier alpha value is -0.760. The van der Waals surface area contributed by atoms with Crippen molar-refractivity contribution in [2.45, 2.75) is 45.9 Å². The largest absolute Gasteiger partial charge is 0.357 e. The lowest BCUT2D eigenvalue weighted by Crippen LogP contribution is -2.24. The Labute approximate surface area is 110 Å². The Bertz CT molecular complexity index is 339. The Kier molecular flexibility index (Phi) is 6.35. The van der Waals surface area contributed by atoms with Gasteiger partial charge in [0.25, 0.3) is 0 Å². The molecule has 1 heterocycles. The average molecular weight is 255 g/mol. The molecule has 0 saturated carbocycles. The molecule has 1 aromatic rings. The van der Waals surface area contributed by atoms with Crippen molar-refractivity contribution in [3.05, 3.63) is 23.4 Å². The number of hydrogen-bond donors (Lipinski definition) is 0. The van der Waals surface area contributed by atoms with Crippen LogP contribution < -0.4 is 4.90 Å². The van der Waals surface area contributed by atoms with Crippen LogP contribution in [0.1, 0.15) is 44.9 Å². The first kappa shape index (κ1) is 14.3. The molecule has 96 valence electrons. The number of halogens is 1. The monoisotopic (exact) mass is 254 g/mol. The first-order valence-corrected chi connectivity index (χ1v) is 7.09. The van der Waals surface area contributed by atoms with Crippen LogP contribution in [0.3, 0.4) is 0 Å². The fraction of sp³-hybridized carbons (Fsp3) is 0.643. The Morgan fingerprint density at radius 1 is 1.18 bits per heavy atom. The molecule has 3 heteroatoms. The van der Waals surface area contributed by atoms with E-state index in [9.17, 15) is 0 Å². The second-order valence-corrected chi connectivity index (χ2v) is 4.56. The molecule has 0 aliphatic heterocycles. The van der Waals surface area contributed by atoms with Crippen LogP contribution in [-0.2, 0) is 12.3 Å². The van der Waals surface area contributed by atoms with Gasteiger partial charge in [0.2, 0.25) is 0 Å². The first-order valence-electron chi connectivity index (χ1n) is 6.55. The second-order valence-electron chi connectivity index (χ2n) is 4.29. The van der Waals surface area contributed by atoms with Gasteiger partial charge in [-0.05, 0) is 37.5 Å². The molecule has 0 bridgehead atoms. The molecule has 0 unspecified atom stereocenters. The smallest absolute Gasteiger partial charge is 0.129 e. The number of rotatable bonds is 7. The van der Waals surface area contributed by atoms with Crippen LogP contribution in [-0.4, -0.2) is 18.1 Å². The van der Waals surface area contributed by atoms with E-state index in [1.165, 1.54) is 5.56 Å². The fourth-order valence-corrected chi connectivity index (χ4v) is 2.12. The Morgan fingerprint density at radius 3 is 2.47 bits per heavy atom. The van der Waals surface area contributed by atoms with E-state index in [0.29, 0.717) is 5.88 Å². The van der Waals surface area contributed by atoms with E-state index in [2.05, 4.69) is 37.8 Å². The van der Waals surface area contributed by atoms with Crippen LogP contribution in [0, 0.1) is 0 Å². The molecular formula is C14H23ClN2. The van der Waals surface area contributed by atoms with Gasteiger partial charge in [-0.2, -0.15) is 0 Å². The molecule has 0 saturated heterocycles. The van der Waals surface area contributed by atoms with Gasteiger partial charge < -0.3 is 4.90 Å². The summed E-state index contributed by atoms with van der Waals surface area (Å²) in [5.74, 6) is 1.64. The van der Waals surface area contributed by atoms with Gasteiger partial charge >= 0.3 is 0 Å². The van der Waals surface area contributed by atoms with Gasteiger partial charge in [-0.25, -0.2) is 4.98 Å². The summed E-state index contributed by atoms with van der Waals surface area (Å²) in [4.78, 5) is 7.04. The van der Waals surface area contributed by atoms with Gasteiger partial charge in [-0.3, -0.25) is 0 Å². The molecule has 0 N–H and O–H groups in total. The number of aromatic nitrogens is 1. The maximum Gasteiger partial charge on any atom is 0.129 e. The molecule has 17 heavy (non-hydrogen) atoms. The average Bonchev–Trinajstić information content (AvgIpc) is 2.35. The lowest BCUT2D eigenvalue weighted by atomic mass is 10.1. The predicted octanol–water partition coefficient (Wildman–Crippen LogP) is 4.01. The Morgan fingerprint density at radius 2 is 1.94 bits per heavy atom. The third-order valence-corrected chi connectivity index (χ3v) is 3.09. The highest BCUT2D eigenvalue weighted by molar-refractivity contribution is 6.17. The fourth-order valence-electron chi connectivity index (χ4n) is 1.96. The van der Waals surface area contributed by atoms with E-state index < -0.39 is 0 Å². The minimum atomic E-state index is 0.565. The van der Waals surface area contributed by atoms with Gasteiger partial charge in [0.05, 0.1) is 0 Å². The minimum Gasteiger partial charge on any atom is -0.357 e. The lowest BCUT2D eigenvalue weighted by molar-refractivity contribution is 0.769. The van der Waals surface area contributed by atoms with Crippen molar-refractivity contribution in [2.75, 3.05) is 18.0 Å². The summed E-state index contributed by atoms with van der Waals surface area (Å²) in [5.41, 5.74) is 2.34. The van der Waals surface area contributed by atoms with Crippen LogP contribution in [0.2, 0.25) is 0 Å². The number of pyridine rings is 1. The summed E-state index contributed by atoms with van der Waals surface area (Å²) in [5, 5.41) is 0. The van der Waals surface area contributed by atoms with Crippen LogP contribution >= 0.6 is 11.6 Å². The standard InChI is InChI=1S/C14H23ClN2/c1-4-7-13-9-12(11-15)10-14(16-13)17(6-3)8-5-2/h9-10H,4-8,11H2,1-3H3. The number of nitrogens with zero attached hydrogens (tertiary/aromatic N) is 2. The normalized spacial score (nSPS) is 10.6. The van der Waals surface area contributed by atoms with Crippen molar-refractivity contribution in [3.8, 4) is 0 Å². The maximum absolute atomic E-state index is 5.95. The molecule has 2 nitrogen and oxygen atoms in total. The summed E-state index contributed by atoms with van der Waals surface area (Å²) >= 11 is 5.95. The summed E-state index contributed by atoms with van der Waals surface area (Å²) in [6, 6.07) is 4.24. The van der Waals surface area contributed by atoms with E-state index in [1.807, 2.05) is 0 Å². The number of hydrogen-bond acceptors (Lipinski definition) is 2. The van der Waals surface area contributed by atoms with Crippen LogP contribution in [0.25, 0.3) is 0 Å². The van der Waals surface area contributed by atoms with Crippen molar-refractivity contribution in [3.63, 3.8) is 0 Å². The van der Waals surface area contributed by atoms with Gasteiger partial charge in [0.15, 0.2) is 0 Å². The summed E-state index contributed by atoms with van der Waals surface area (Å²) in [6.45, 7) is 8.60. The molecule has 0 amide bonds. The lowest BCUT2D eigenvalue weighted by Gasteiger charge is -2.22. The highest BCUT2D eigenvalue weighted by atomic mass is 35.5. The van der Waals surface area contributed by atoms with Crippen LogP contribution in [0.5, 0.6) is 0 Å². The molecule has 0 aliphatic rings. The second kappa shape index (κ2) is 7.54. The van der Waals surface area contributed by atoms with Crippen molar-refractivity contribution in [1.29, 1.82) is 0 Å². The molecule has 0 aliphatic carbocycles. The third-order valence-electron chi connectivity index (χ3n) is 2.78. The van der Waals surface area contributed by atoms with Gasteiger partial charge in [0.1, 0.15) is 5.82 Å². The molecule has 0 fully saturated rings. The first-order chi connectivity index (χ1) is 8.24. The summed E-state index contributed by atoms with van der Waals surface area (Å²) in [6.07, 6.45) is 3.29. The van der Waals surface area contributed by atoms with Crippen LogP contribution in [0.4, 0.5) is 5.82 Å². The van der Waals surface area contributed by atoms with E-state index in [1.54, 1.807) is 0 Å². The van der Waals surface area contributed by atoms with Crippen molar-refractivity contribution in [2.24, 2.45) is 0 Å². The molecule has 1 rings (SSSR count). The summed E-state index contributed by atoms with van der Waals surface area (Å²) < 4.78 is 0. The summed E-state index contributed by atoms with van der Waals surface area (Å²) in [7, 11) is 0. The van der Waals surface area contributed by atoms with E-state index in [-0.39, 0.29) is 0 Å². The van der Waals surface area contributed by atoms with E-state index in [4.69, 9.17) is 16.6 Å². The SMILES string of the molecule is CCCc1cc(CCl)cc(N(CC)CCC)n1. The zero-order valence-corrected chi connectivity index (χ0v) is 11.9. The molecule has 0 aromatic carbocycles. The topological polar surface area (TPSA) is 16.1 Å². The molecular weight excluding hydrogens is 232 g/mol. The number of anilines is 1. The molecule has 0 radical (unpaired) electrons. The zero-order valence-electron chi connectivity index (χ0n) is 11.2. The molecule has 1 aromatic heterocycles.